The van der Waals surface area contributed by atoms with E-state index in [-0.39, 0.29) is 29.5 Å². The second kappa shape index (κ2) is 8.65. The normalized spacial score (nSPS) is 13.4. The van der Waals surface area contributed by atoms with Crippen molar-refractivity contribution in [2.24, 2.45) is 11.8 Å². The third kappa shape index (κ3) is 5.70. The van der Waals surface area contributed by atoms with Crippen molar-refractivity contribution in [3.8, 4) is 0 Å². The highest BCUT2D eigenvalue weighted by Crippen LogP contribution is 2.23. The molecule has 0 unspecified atom stereocenters. The van der Waals surface area contributed by atoms with E-state index in [0.717, 1.165) is 10.6 Å². The van der Waals surface area contributed by atoms with Gasteiger partial charge in [0.2, 0.25) is 15.9 Å². The van der Waals surface area contributed by atoms with Gasteiger partial charge in [-0.1, -0.05) is 34.6 Å². The lowest BCUT2D eigenvalue weighted by atomic mass is 9.93. The molecule has 0 aliphatic carbocycles. The van der Waals surface area contributed by atoms with Crippen molar-refractivity contribution in [2.75, 3.05) is 10.6 Å². The maximum Gasteiger partial charge on any atom is 0.244 e. The predicted octanol–water partition coefficient (Wildman–Crippen LogP) is 3.17. The van der Waals surface area contributed by atoms with Crippen molar-refractivity contribution in [3.05, 3.63) is 30.1 Å². The number of hydrogen-bond acceptors (Lipinski definition) is 3. The average Bonchev–Trinajstić information content (AvgIpc) is 2.49. The van der Waals surface area contributed by atoms with Gasteiger partial charge >= 0.3 is 0 Å². The molecule has 5 nitrogen and oxygen atoms in total. The molecule has 1 aromatic carbocycles. The zero-order chi connectivity index (χ0) is 19.4. The van der Waals surface area contributed by atoms with E-state index in [0.29, 0.717) is 6.42 Å². The topological polar surface area (TPSA) is 66.5 Å². The number of benzene rings is 1. The molecule has 0 aliphatic heterocycles. The Labute approximate surface area is 150 Å². The second-order valence-corrected chi connectivity index (χ2v) is 8.84. The van der Waals surface area contributed by atoms with E-state index in [4.69, 9.17) is 0 Å². The first-order valence-electron chi connectivity index (χ1n) is 8.54. The Bertz CT molecular complexity index is 664. The van der Waals surface area contributed by atoms with E-state index >= 15 is 0 Å². The summed E-state index contributed by atoms with van der Waals surface area (Å²) in [5.41, 5.74) is 0.275. The summed E-state index contributed by atoms with van der Waals surface area (Å²) in [7, 11) is -3.71. The van der Waals surface area contributed by atoms with Gasteiger partial charge in [-0.25, -0.2) is 12.8 Å². The fourth-order valence-electron chi connectivity index (χ4n) is 3.01. The molecule has 0 radical (unpaired) electrons. The lowest BCUT2D eigenvalue weighted by molar-refractivity contribution is -0.123. The molecule has 1 N–H and O–H groups in total. The Kier molecular flexibility index (Phi) is 7.41. The molecule has 0 heterocycles. The van der Waals surface area contributed by atoms with Crippen LogP contribution in [0.15, 0.2) is 24.3 Å². The quantitative estimate of drug-likeness (QED) is 0.762. The maximum absolute atomic E-state index is 13.2. The number of nitrogens with zero attached hydrogens (tertiary/aromatic N) is 1. The number of anilines is 1. The van der Waals surface area contributed by atoms with Gasteiger partial charge in [0.25, 0.3) is 0 Å². The largest absolute Gasteiger partial charge is 0.351 e. The molecule has 0 aromatic heterocycles. The van der Waals surface area contributed by atoms with Gasteiger partial charge in [-0.3, -0.25) is 9.10 Å². The average molecular weight is 373 g/mol. The van der Waals surface area contributed by atoms with Gasteiger partial charge in [-0.2, -0.15) is 0 Å². The third-order valence-electron chi connectivity index (χ3n) is 4.16. The maximum atomic E-state index is 13.2. The summed E-state index contributed by atoms with van der Waals surface area (Å²) >= 11 is 0. The van der Waals surface area contributed by atoms with Crippen LogP contribution in [-0.4, -0.2) is 32.7 Å². The summed E-state index contributed by atoms with van der Waals surface area (Å²) in [6.45, 7) is 9.81. The van der Waals surface area contributed by atoms with Crippen LogP contribution in [0, 0.1) is 17.7 Å². The summed E-state index contributed by atoms with van der Waals surface area (Å²) < 4.78 is 38.9. The highest BCUT2D eigenvalue weighted by molar-refractivity contribution is 7.92. The van der Waals surface area contributed by atoms with Crippen LogP contribution in [0.25, 0.3) is 0 Å². The molecule has 0 aliphatic rings. The minimum atomic E-state index is -3.71. The number of amides is 1. The number of nitrogens with one attached hydrogen (secondary N) is 1. The first-order valence-corrected chi connectivity index (χ1v) is 10.4. The fourth-order valence-corrected chi connectivity index (χ4v) is 4.22. The Morgan fingerprint density at radius 3 is 1.96 bits per heavy atom. The summed E-state index contributed by atoms with van der Waals surface area (Å²) in [4.78, 5) is 12.8. The Balaban J connectivity index is 3.21. The highest BCUT2D eigenvalue weighted by atomic mass is 32.2. The molecular weight excluding hydrogens is 343 g/mol. The van der Waals surface area contributed by atoms with Crippen LogP contribution in [0.2, 0.25) is 0 Å². The minimum Gasteiger partial charge on any atom is -0.351 e. The van der Waals surface area contributed by atoms with Crippen LogP contribution in [0.4, 0.5) is 10.1 Å². The van der Waals surface area contributed by atoms with Crippen LogP contribution in [0.3, 0.4) is 0 Å². The smallest absolute Gasteiger partial charge is 0.244 e. The summed E-state index contributed by atoms with van der Waals surface area (Å²) in [6, 6.07) is 4.16. The molecular formula is C18H29FN2O3S. The van der Waals surface area contributed by atoms with Gasteiger partial charge in [0.1, 0.15) is 11.9 Å². The van der Waals surface area contributed by atoms with Gasteiger partial charge in [0.15, 0.2) is 0 Å². The molecule has 1 amide bonds. The number of carbonyl (C=O) groups is 1. The van der Waals surface area contributed by atoms with Crippen LogP contribution >= 0.6 is 0 Å². The number of rotatable bonds is 8. The van der Waals surface area contributed by atoms with Gasteiger partial charge in [-0.05, 0) is 42.5 Å². The van der Waals surface area contributed by atoms with Crippen LogP contribution in [0.1, 0.15) is 41.0 Å². The van der Waals surface area contributed by atoms with Crippen molar-refractivity contribution in [3.63, 3.8) is 0 Å². The lowest BCUT2D eigenvalue weighted by Crippen LogP contribution is -2.53. The van der Waals surface area contributed by atoms with E-state index in [1.807, 2.05) is 27.7 Å². The van der Waals surface area contributed by atoms with Crippen LogP contribution in [-0.2, 0) is 14.8 Å². The monoisotopic (exact) mass is 372 g/mol. The van der Waals surface area contributed by atoms with Crippen LogP contribution in [0.5, 0.6) is 0 Å². The zero-order valence-electron chi connectivity index (χ0n) is 15.8. The first kappa shape index (κ1) is 21.4. The number of halogens is 1. The molecule has 0 saturated carbocycles. The van der Waals surface area contributed by atoms with Crippen molar-refractivity contribution < 1.29 is 17.6 Å². The summed E-state index contributed by atoms with van der Waals surface area (Å²) in [6.07, 6.45) is 1.36. The number of sulfonamides is 1. The van der Waals surface area contributed by atoms with Crippen LogP contribution < -0.4 is 9.62 Å². The summed E-state index contributed by atoms with van der Waals surface area (Å²) in [5.74, 6) is -0.364. The SMILES string of the molecule is CC[C@@H](C(=O)NC(C(C)C)C(C)C)N(c1ccc(F)cc1)S(C)(=O)=O. The Morgan fingerprint density at radius 2 is 1.60 bits per heavy atom. The third-order valence-corrected chi connectivity index (χ3v) is 5.34. The fraction of sp³-hybridized carbons (Fsp3) is 0.611. The molecule has 0 fully saturated rings. The van der Waals surface area contributed by atoms with E-state index in [2.05, 4.69) is 5.32 Å². The molecule has 1 aromatic rings. The van der Waals surface area contributed by atoms with Gasteiger partial charge in [0, 0.05) is 6.04 Å². The predicted molar refractivity (Wildman–Crippen MR) is 99.4 cm³/mol. The van der Waals surface area contributed by atoms with Crippen molar-refractivity contribution in [1.82, 2.24) is 5.32 Å². The first-order chi connectivity index (χ1) is 11.5. The number of hydrogen-bond donors (Lipinski definition) is 1. The van der Waals surface area contributed by atoms with Crippen molar-refractivity contribution in [2.45, 2.75) is 53.1 Å². The molecule has 1 rings (SSSR count). The molecule has 1 atom stereocenters. The molecule has 0 spiro atoms. The van der Waals surface area contributed by atoms with Gasteiger partial charge < -0.3 is 5.32 Å². The van der Waals surface area contributed by atoms with E-state index in [1.165, 1.54) is 24.3 Å². The van der Waals surface area contributed by atoms with Gasteiger partial charge in [0.05, 0.1) is 11.9 Å². The van der Waals surface area contributed by atoms with Gasteiger partial charge in [-0.15, -0.1) is 0 Å². The lowest BCUT2D eigenvalue weighted by Gasteiger charge is -2.33. The Hall–Kier alpha value is -1.63. The molecule has 0 bridgehead atoms. The van der Waals surface area contributed by atoms with E-state index in [1.54, 1.807) is 6.92 Å². The second-order valence-electron chi connectivity index (χ2n) is 6.98. The highest BCUT2D eigenvalue weighted by Gasteiger charge is 2.33. The minimum absolute atomic E-state index is 0.0591. The Morgan fingerprint density at radius 1 is 1.12 bits per heavy atom. The zero-order valence-corrected chi connectivity index (χ0v) is 16.6. The van der Waals surface area contributed by atoms with E-state index in [9.17, 15) is 17.6 Å². The van der Waals surface area contributed by atoms with Crippen molar-refractivity contribution in [1.29, 1.82) is 0 Å². The summed E-state index contributed by atoms with van der Waals surface area (Å²) in [5, 5.41) is 2.98. The standard InChI is InChI=1S/C18H29FN2O3S/c1-7-16(18(22)20-17(12(2)3)13(4)5)21(25(6,23)24)15-10-8-14(19)9-11-15/h8-13,16-17H,7H2,1-6H3,(H,20,22)/t16-/m0/s1. The molecule has 25 heavy (non-hydrogen) atoms. The molecule has 0 saturated heterocycles. The van der Waals surface area contributed by atoms with E-state index < -0.39 is 21.9 Å². The van der Waals surface area contributed by atoms with Crippen molar-refractivity contribution >= 4 is 21.6 Å². The number of carbonyl (C=O) groups excluding carboxylic acids is 1. The molecule has 142 valence electrons. The molecule has 7 heteroatoms.